The van der Waals surface area contributed by atoms with Gasteiger partial charge in [0.2, 0.25) is 0 Å². The zero-order chi connectivity index (χ0) is 24.7. The van der Waals surface area contributed by atoms with Crippen LogP contribution in [0.25, 0.3) is 11.5 Å². The fourth-order valence-electron chi connectivity index (χ4n) is 4.37. The molecule has 6 nitrogen and oxygen atoms in total. The summed E-state index contributed by atoms with van der Waals surface area (Å²) in [6.07, 6.45) is -1.28. The molecule has 1 aliphatic heterocycles. The van der Waals surface area contributed by atoms with Crippen molar-refractivity contribution in [2.45, 2.75) is 32.4 Å². The van der Waals surface area contributed by atoms with E-state index >= 15 is 0 Å². The van der Waals surface area contributed by atoms with Gasteiger partial charge in [-0.1, -0.05) is 31.2 Å². The summed E-state index contributed by atoms with van der Waals surface area (Å²) in [6.45, 7) is 7.98. The number of piperazine rings is 1. The van der Waals surface area contributed by atoms with E-state index in [0.29, 0.717) is 17.5 Å². The lowest BCUT2D eigenvalue weighted by Crippen LogP contribution is -2.46. The van der Waals surface area contributed by atoms with Gasteiger partial charge in [0.1, 0.15) is 0 Å². The molecule has 0 spiro atoms. The molecule has 35 heavy (non-hydrogen) atoms. The van der Waals surface area contributed by atoms with Crippen LogP contribution in [0.15, 0.2) is 59.1 Å². The maximum Gasteiger partial charge on any atom is 0.416 e. The van der Waals surface area contributed by atoms with Gasteiger partial charge in [-0.3, -0.25) is 4.90 Å². The van der Waals surface area contributed by atoms with Crippen molar-refractivity contribution in [3.8, 4) is 11.5 Å². The third-order valence-electron chi connectivity index (χ3n) is 6.28. The second-order valence-corrected chi connectivity index (χ2v) is 8.84. The molecule has 0 radical (unpaired) electrons. The van der Waals surface area contributed by atoms with Crippen LogP contribution in [0.5, 0.6) is 0 Å². The largest absolute Gasteiger partial charge is 0.416 e. The molecule has 0 amide bonds. The monoisotopic (exact) mass is 487 g/mol. The summed E-state index contributed by atoms with van der Waals surface area (Å²) in [5, 5.41) is 4.19. The highest BCUT2D eigenvalue weighted by Gasteiger charge is 2.31. The van der Waals surface area contributed by atoms with Gasteiger partial charge >= 0.3 is 6.18 Å². The van der Waals surface area contributed by atoms with Crippen molar-refractivity contribution in [3.05, 3.63) is 60.2 Å². The second-order valence-electron chi connectivity index (χ2n) is 8.84. The highest BCUT2D eigenvalue weighted by atomic mass is 19.4. The van der Waals surface area contributed by atoms with Crippen LogP contribution in [0.3, 0.4) is 0 Å². The molecule has 0 aliphatic carbocycles. The van der Waals surface area contributed by atoms with Gasteiger partial charge in [-0.25, -0.2) is 0 Å². The molecule has 1 aromatic heterocycles. The first kappa shape index (κ1) is 25.0. The van der Waals surface area contributed by atoms with E-state index in [4.69, 9.17) is 4.52 Å². The fourth-order valence-corrected chi connectivity index (χ4v) is 4.37. The number of hydrogen-bond donors (Lipinski definition) is 0. The summed E-state index contributed by atoms with van der Waals surface area (Å²) < 4.78 is 44.5. The number of aromatic nitrogens is 2. The molecule has 0 N–H and O–H groups in total. The molecule has 0 atom stereocenters. The Morgan fingerprint density at radius 2 is 1.71 bits per heavy atom. The molecule has 188 valence electrons. The summed E-state index contributed by atoms with van der Waals surface area (Å²) in [4.78, 5) is 11.2. The lowest BCUT2D eigenvalue weighted by atomic mass is 10.1. The third kappa shape index (κ3) is 6.75. The lowest BCUT2D eigenvalue weighted by Gasteiger charge is -2.36. The lowest BCUT2D eigenvalue weighted by molar-refractivity contribution is -0.137. The van der Waals surface area contributed by atoms with Crippen molar-refractivity contribution in [1.82, 2.24) is 15.0 Å². The molecular formula is C26H32F3N5O. The van der Waals surface area contributed by atoms with Crippen LogP contribution in [0.1, 0.15) is 31.7 Å². The van der Waals surface area contributed by atoms with Crippen molar-refractivity contribution in [1.29, 1.82) is 0 Å². The van der Waals surface area contributed by atoms with Crippen molar-refractivity contribution in [2.24, 2.45) is 0 Å². The number of nitrogens with zero attached hydrogens (tertiary/aromatic N) is 5. The SMILES string of the molecule is CCCN(CCCCN1CCN(c2cccc(C(F)(F)F)c2)CC1)c1noc(-c2ccccc2)n1. The van der Waals surface area contributed by atoms with Crippen LogP contribution in [0, 0.1) is 0 Å². The Bertz CT molecular complexity index is 1050. The van der Waals surface area contributed by atoms with Crippen LogP contribution in [0.2, 0.25) is 0 Å². The minimum absolute atomic E-state index is 0.528. The smallest absolute Gasteiger partial charge is 0.369 e. The number of benzene rings is 2. The maximum atomic E-state index is 13.0. The van der Waals surface area contributed by atoms with E-state index in [1.54, 1.807) is 6.07 Å². The van der Waals surface area contributed by atoms with Crippen molar-refractivity contribution in [2.75, 3.05) is 55.6 Å². The zero-order valence-electron chi connectivity index (χ0n) is 20.0. The van der Waals surface area contributed by atoms with E-state index in [2.05, 4.69) is 26.9 Å². The topological polar surface area (TPSA) is 48.6 Å². The predicted molar refractivity (Wildman–Crippen MR) is 132 cm³/mol. The maximum absolute atomic E-state index is 13.0. The Balaban J connectivity index is 1.22. The van der Waals surface area contributed by atoms with E-state index in [1.807, 2.05) is 35.2 Å². The Morgan fingerprint density at radius 1 is 0.943 bits per heavy atom. The van der Waals surface area contributed by atoms with Gasteiger partial charge in [-0.15, -0.1) is 0 Å². The third-order valence-corrected chi connectivity index (χ3v) is 6.28. The second kappa shape index (κ2) is 11.6. The summed E-state index contributed by atoms with van der Waals surface area (Å²) in [5.74, 6) is 1.15. The van der Waals surface area contributed by atoms with Crippen molar-refractivity contribution >= 4 is 11.6 Å². The zero-order valence-corrected chi connectivity index (χ0v) is 20.0. The molecule has 9 heteroatoms. The van der Waals surface area contributed by atoms with Gasteiger partial charge in [0, 0.05) is 50.5 Å². The normalized spacial score (nSPS) is 14.9. The van der Waals surface area contributed by atoms with Gasteiger partial charge in [-0.05, 0) is 61.3 Å². The van der Waals surface area contributed by atoms with Crippen LogP contribution < -0.4 is 9.80 Å². The average molecular weight is 488 g/mol. The molecule has 1 fully saturated rings. The molecule has 1 saturated heterocycles. The number of alkyl halides is 3. The molecule has 0 saturated carbocycles. The van der Waals surface area contributed by atoms with Crippen LogP contribution in [-0.4, -0.2) is 60.9 Å². The molecule has 2 heterocycles. The summed E-state index contributed by atoms with van der Waals surface area (Å²) >= 11 is 0. The van der Waals surface area contributed by atoms with E-state index < -0.39 is 11.7 Å². The highest BCUT2D eigenvalue weighted by Crippen LogP contribution is 2.32. The molecule has 0 bridgehead atoms. The quantitative estimate of drug-likeness (QED) is 0.348. The first-order valence-corrected chi connectivity index (χ1v) is 12.2. The number of rotatable bonds is 10. The van der Waals surface area contributed by atoms with E-state index in [9.17, 15) is 13.2 Å². The Morgan fingerprint density at radius 3 is 2.43 bits per heavy atom. The van der Waals surface area contributed by atoms with Gasteiger partial charge in [0.05, 0.1) is 5.56 Å². The van der Waals surface area contributed by atoms with Gasteiger partial charge in [-0.2, -0.15) is 18.2 Å². The number of halogens is 3. The summed E-state index contributed by atoms with van der Waals surface area (Å²) in [7, 11) is 0. The molecule has 3 aromatic rings. The highest BCUT2D eigenvalue weighted by molar-refractivity contribution is 5.54. The van der Waals surface area contributed by atoms with Crippen molar-refractivity contribution < 1.29 is 17.7 Å². The van der Waals surface area contributed by atoms with Crippen LogP contribution in [0.4, 0.5) is 24.8 Å². The number of anilines is 2. The Hall–Kier alpha value is -3.07. The molecule has 2 aromatic carbocycles. The van der Waals surface area contributed by atoms with Gasteiger partial charge in [0.25, 0.3) is 11.8 Å². The minimum Gasteiger partial charge on any atom is -0.369 e. The molecule has 4 rings (SSSR count). The average Bonchev–Trinajstić information content (AvgIpc) is 3.37. The van der Waals surface area contributed by atoms with E-state index in [0.717, 1.165) is 76.7 Å². The first-order valence-electron chi connectivity index (χ1n) is 12.2. The van der Waals surface area contributed by atoms with E-state index in [-0.39, 0.29) is 0 Å². The standard InChI is InChI=1S/C26H32F3N5O/c1-2-13-34(25-30-24(35-31-25)21-9-4-3-5-10-21)15-7-6-14-32-16-18-33(19-17-32)23-12-8-11-22(20-23)26(27,28)29/h3-5,8-12,20H,2,6-7,13-19H2,1H3. The molecule has 0 unspecified atom stereocenters. The minimum atomic E-state index is -4.31. The Labute approximate surface area is 204 Å². The predicted octanol–water partition coefficient (Wildman–Crippen LogP) is 5.57. The number of hydrogen-bond acceptors (Lipinski definition) is 6. The molecular weight excluding hydrogens is 455 g/mol. The van der Waals surface area contributed by atoms with Crippen LogP contribution in [-0.2, 0) is 6.18 Å². The van der Waals surface area contributed by atoms with Crippen LogP contribution >= 0.6 is 0 Å². The number of unbranched alkanes of at least 4 members (excludes halogenated alkanes) is 1. The summed E-state index contributed by atoms with van der Waals surface area (Å²) in [6, 6.07) is 15.4. The van der Waals surface area contributed by atoms with Gasteiger partial charge in [0.15, 0.2) is 0 Å². The fraction of sp³-hybridized carbons (Fsp3) is 0.462. The van der Waals surface area contributed by atoms with E-state index in [1.165, 1.54) is 12.1 Å². The van der Waals surface area contributed by atoms with Crippen molar-refractivity contribution in [3.63, 3.8) is 0 Å². The first-order chi connectivity index (χ1) is 16.9. The van der Waals surface area contributed by atoms with Gasteiger partial charge < -0.3 is 14.3 Å². The molecule has 1 aliphatic rings. The Kier molecular flexibility index (Phi) is 8.28. The summed E-state index contributed by atoms with van der Waals surface area (Å²) in [5.41, 5.74) is 0.961.